The molecular formula is C17H19NO2. The Morgan fingerprint density at radius 2 is 2.00 bits per heavy atom. The molecular weight excluding hydrogens is 250 g/mol. The number of aliphatic hydroxyl groups excluding tert-OH is 1. The number of hydrogen-bond acceptors (Lipinski definition) is 2. The van der Waals surface area contributed by atoms with Gasteiger partial charge in [-0.15, -0.1) is 0 Å². The first kappa shape index (κ1) is 14.3. The van der Waals surface area contributed by atoms with Gasteiger partial charge in [0, 0.05) is 12.6 Å². The van der Waals surface area contributed by atoms with E-state index in [2.05, 4.69) is 17.4 Å². The summed E-state index contributed by atoms with van der Waals surface area (Å²) >= 11 is 0. The number of aliphatic hydroxyl groups is 1. The highest BCUT2D eigenvalue weighted by Crippen LogP contribution is 2.19. The molecule has 104 valence electrons. The summed E-state index contributed by atoms with van der Waals surface area (Å²) in [4.78, 5) is 11.7. The SMILES string of the molecule is CC(O)CCNC(=O)C=Cc1cccc2ccccc12. The van der Waals surface area contributed by atoms with E-state index in [0.29, 0.717) is 13.0 Å². The fourth-order valence-electron chi connectivity index (χ4n) is 2.02. The number of nitrogens with one attached hydrogen (secondary N) is 1. The van der Waals surface area contributed by atoms with Gasteiger partial charge >= 0.3 is 0 Å². The highest BCUT2D eigenvalue weighted by molar-refractivity contribution is 5.96. The van der Waals surface area contributed by atoms with Gasteiger partial charge in [-0.3, -0.25) is 4.79 Å². The van der Waals surface area contributed by atoms with Crippen LogP contribution >= 0.6 is 0 Å². The molecule has 0 aliphatic heterocycles. The van der Waals surface area contributed by atoms with E-state index in [1.165, 1.54) is 6.08 Å². The first-order valence-electron chi connectivity index (χ1n) is 6.78. The van der Waals surface area contributed by atoms with Crippen molar-refractivity contribution < 1.29 is 9.90 Å². The number of amides is 1. The predicted molar refractivity (Wildman–Crippen MR) is 82.3 cm³/mol. The average Bonchev–Trinajstić information content (AvgIpc) is 2.44. The molecule has 0 saturated heterocycles. The van der Waals surface area contributed by atoms with Gasteiger partial charge in [0.2, 0.25) is 5.91 Å². The van der Waals surface area contributed by atoms with Crippen LogP contribution in [-0.4, -0.2) is 23.7 Å². The third-order valence-electron chi connectivity index (χ3n) is 3.10. The van der Waals surface area contributed by atoms with Crippen LogP contribution in [0.2, 0.25) is 0 Å². The van der Waals surface area contributed by atoms with Crippen molar-refractivity contribution in [2.24, 2.45) is 0 Å². The van der Waals surface area contributed by atoms with Gasteiger partial charge in [-0.2, -0.15) is 0 Å². The van der Waals surface area contributed by atoms with E-state index in [0.717, 1.165) is 16.3 Å². The lowest BCUT2D eigenvalue weighted by Gasteiger charge is -2.04. The van der Waals surface area contributed by atoms with E-state index in [4.69, 9.17) is 5.11 Å². The van der Waals surface area contributed by atoms with Crippen LogP contribution in [-0.2, 0) is 4.79 Å². The minimum Gasteiger partial charge on any atom is -0.393 e. The van der Waals surface area contributed by atoms with Crippen LogP contribution in [0.4, 0.5) is 0 Å². The van der Waals surface area contributed by atoms with Crippen LogP contribution in [0.5, 0.6) is 0 Å². The van der Waals surface area contributed by atoms with Crippen LogP contribution < -0.4 is 5.32 Å². The van der Waals surface area contributed by atoms with Crippen molar-refractivity contribution in [2.45, 2.75) is 19.4 Å². The molecule has 0 saturated carbocycles. The largest absolute Gasteiger partial charge is 0.393 e. The lowest BCUT2D eigenvalue weighted by molar-refractivity contribution is -0.116. The topological polar surface area (TPSA) is 49.3 Å². The quantitative estimate of drug-likeness (QED) is 0.820. The van der Waals surface area contributed by atoms with Gasteiger partial charge in [0.1, 0.15) is 0 Å². The van der Waals surface area contributed by atoms with Crippen molar-refractivity contribution in [3.05, 3.63) is 54.1 Å². The summed E-state index contributed by atoms with van der Waals surface area (Å²) in [6.07, 6.45) is 3.52. The number of carbonyl (C=O) groups is 1. The van der Waals surface area contributed by atoms with Crippen LogP contribution in [0.1, 0.15) is 18.9 Å². The van der Waals surface area contributed by atoms with Gasteiger partial charge in [-0.1, -0.05) is 42.5 Å². The molecule has 1 amide bonds. The van der Waals surface area contributed by atoms with E-state index < -0.39 is 6.10 Å². The zero-order chi connectivity index (χ0) is 14.4. The van der Waals surface area contributed by atoms with Crippen molar-refractivity contribution >= 4 is 22.8 Å². The highest BCUT2D eigenvalue weighted by atomic mass is 16.3. The summed E-state index contributed by atoms with van der Waals surface area (Å²) < 4.78 is 0. The first-order chi connectivity index (χ1) is 9.66. The molecule has 0 fully saturated rings. The first-order valence-corrected chi connectivity index (χ1v) is 6.78. The van der Waals surface area contributed by atoms with Crippen molar-refractivity contribution in [2.75, 3.05) is 6.54 Å². The van der Waals surface area contributed by atoms with E-state index in [-0.39, 0.29) is 5.91 Å². The molecule has 0 heterocycles. The number of benzene rings is 2. The summed E-state index contributed by atoms with van der Waals surface area (Å²) in [5.41, 5.74) is 1.02. The molecule has 2 N–H and O–H groups in total. The van der Waals surface area contributed by atoms with Crippen molar-refractivity contribution in [1.29, 1.82) is 0 Å². The molecule has 1 atom stereocenters. The van der Waals surface area contributed by atoms with Gasteiger partial charge < -0.3 is 10.4 Å². The van der Waals surface area contributed by atoms with Crippen LogP contribution in [0, 0.1) is 0 Å². The second-order valence-electron chi connectivity index (χ2n) is 4.83. The van der Waals surface area contributed by atoms with E-state index in [1.807, 2.05) is 36.4 Å². The summed E-state index contributed by atoms with van der Waals surface area (Å²) in [5, 5.41) is 14.2. The zero-order valence-corrected chi connectivity index (χ0v) is 11.5. The summed E-state index contributed by atoms with van der Waals surface area (Å²) in [6, 6.07) is 14.1. The van der Waals surface area contributed by atoms with Gasteiger partial charge in [0.15, 0.2) is 0 Å². The maximum Gasteiger partial charge on any atom is 0.244 e. The molecule has 3 nitrogen and oxygen atoms in total. The molecule has 0 spiro atoms. The Balaban J connectivity index is 2.04. The Bertz CT molecular complexity index is 612. The Labute approximate surface area is 118 Å². The fourth-order valence-corrected chi connectivity index (χ4v) is 2.02. The minimum atomic E-state index is -0.391. The zero-order valence-electron chi connectivity index (χ0n) is 11.5. The maximum absolute atomic E-state index is 11.7. The van der Waals surface area contributed by atoms with Crippen molar-refractivity contribution in [1.82, 2.24) is 5.32 Å². The van der Waals surface area contributed by atoms with E-state index >= 15 is 0 Å². The number of hydrogen-bond donors (Lipinski definition) is 2. The van der Waals surface area contributed by atoms with Gasteiger partial charge in [-0.05, 0) is 35.8 Å². The number of carbonyl (C=O) groups excluding carboxylic acids is 1. The molecule has 3 heteroatoms. The molecule has 2 aromatic rings. The highest BCUT2D eigenvalue weighted by Gasteiger charge is 2.00. The summed E-state index contributed by atoms with van der Waals surface area (Å²) in [6.45, 7) is 2.19. The molecule has 0 aliphatic rings. The van der Waals surface area contributed by atoms with Gasteiger partial charge in [0.05, 0.1) is 6.10 Å². The molecule has 20 heavy (non-hydrogen) atoms. The van der Waals surface area contributed by atoms with Crippen molar-refractivity contribution in [3.63, 3.8) is 0 Å². The maximum atomic E-state index is 11.7. The molecule has 2 rings (SSSR count). The normalized spacial score (nSPS) is 12.7. The second kappa shape index (κ2) is 6.87. The monoisotopic (exact) mass is 269 g/mol. The van der Waals surface area contributed by atoms with Gasteiger partial charge in [-0.25, -0.2) is 0 Å². The standard InChI is InChI=1S/C17H19NO2/c1-13(19)11-12-18-17(20)10-9-15-7-4-6-14-5-2-3-8-16(14)15/h2-10,13,19H,11-12H2,1H3,(H,18,20). The lowest BCUT2D eigenvalue weighted by Crippen LogP contribution is -2.24. The average molecular weight is 269 g/mol. The number of fused-ring (bicyclic) bond motifs is 1. The molecule has 0 radical (unpaired) electrons. The molecule has 0 bridgehead atoms. The molecule has 0 aliphatic carbocycles. The Morgan fingerprint density at radius 1 is 1.25 bits per heavy atom. The third-order valence-corrected chi connectivity index (χ3v) is 3.10. The Hall–Kier alpha value is -2.13. The van der Waals surface area contributed by atoms with E-state index in [9.17, 15) is 4.79 Å². The molecule has 0 aromatic heterocycles. The third kappa shape index (κ3) is 3.93. The fraction of sp³-hybridized carbons (Fsp3) is 0.235. The molecule has 1 unspecified atom stereocenters. The van der Waals surface area contributed by atoms with Crippen LogP contribution in [0.3, 0.4) is 0 Å². The number of rotatable bonds is 5. The minimum absolute atomic E-state index is 0.140. The predicted octanol–water partition coefficient (Wildman–Crippen LogP) is 2.74. The Morgan fingerprint density at radius 3 is 2.80 bits per heavy atom. The Kier molecular flexibility index (Phi) is 4.91. The molecule has 2 aromatic carbocycles. The summed E-state index contributed by atoms with van der Waals surface area (Å²) in [5.74, 6) is -0.140. The van der Waals surface area contributed by atoms with Crippen LogP contribution in [0.25, 0.3) is 16.8 Å². The summed E-state index contributed by atoms with van der Waals surface area (Å²) in [7, 11) is 0. The second-order valence-corrected chi connectivity index (χ2v) is 4.83. The smallest absolute Gasteiger partial charge is 0.244 e. The van der Waals surface area contributed by atoms with E-state index in [1.54, 1.807) is 6.92 Å². The van der Waals surface area contributed by atoms with Crippen LogP contribution in [0.15, 0.2) is 48.5 Å². The lowest BCUT2D eigenvalue weighted by atomic mass is 10.0. The van der Waals surface area contributed by atoms with Gasteiger partial charge in [0.25, 0.3) is 0 Å². The van der Waals surface area contributed by atoms with Crippen molar-refractivity contribution in [3.8, 4) is 0 Å².